The molecule has 132 valence electrons. The highest BCUT2D eigenvalue weighted by atomic mass is 16.5. The zero-order valence-electron chi connectivity index (χ0n) is 14.7. The van der Waals surface area contributed by atoms with Crippen LogP contribution >= 0.6 is 0 Å². The van der Waals surface area contributed by atoms with Gasteiger partial charge in [-0.2, -0.15) is 0 Å². The van der Waals surface area contributed by atoms with Crippen LogP contribution in [0, 0.1) is 0 Å². The van der Waals surface area contributed by atoms with Gasteiger partial charge >= 0.3 is 0 Å². The van der Waals surface area contributed by atoms with E-state index in [0.29, 0.717) is 6.04 Å². The third-order valence-electron chi connectivity index (χ3n) is 5.03. The lowest BCUT2D eigenvalue weighted by molar-refractivity contribution is 0.0185. The highest BCUT2D eigenvalue weighted by Crippen LogP contribution is 2.21. The molecule has 2 aliphatic rings. The molecule has 2 unspecified atom stereocenters. The van der Waals surface area contributed by atoms with Gasteiger partial charge < -0.3 is 14.4 Å². The molecule has 24 heavy (non-hydrogen) atoms. The van der Waals surface area contributed by atoms with Gasteiger partial charge in [-0.3, -0.25) is 9.69 Å². The Morgan fingerprint density at radius 3 is 2.62 bits per heavy atom. The van der Waals surface area contributed by atoms with Crippen molar-refractivity contribution in [2.45, 2.75) is 38.8 Å². The molecule has 0 bridgehead atoms. The third-order valence-corrected chi connectivity index (χ3v) is 5.03. The van der Waals surface area contributed by atoms with E-state index in [1.807, 2.05) is 29.2 Å². The van der Waals surface area contributed by atoms with Gasteiger partial charge in [0.2, 0.25) is 0 Å². The summed E-state index contributed by atoms with van der Waals surface area (Å²) in [5.41, 5.74) is 0.745. The molecule has 0 radical (unpaired) electrons. The first-order valence-corrected chi connectivity index (χ1v) is 9.05. The minimum absolute atomic E-state index is 0.126. The normalized spacial score (nSPS) is 23.2. The zero-order valence-corrected chi connectivity index (χ0v) is 14.7. The monoisotopic (exact) mass is 332 g/mol. The maximum Gasteiger partial charge on any atom is 0.253 e. The van der Waals surface area contributed by atoms with Crippen molar-refractivity contribution in [3.63, 3.8) is 0 Å². The molecule has 0 aromatic heterocycles. The van der Waals surface area contributed by atoms with Crippen molar-refractivity contribution in [2.75, 3.05) is 39.4 Å². The van der Waals surface area contributed by atoms with E-state index < -0.39 is 0 Å². The number of amides is 1. The number of carbonyl (C=O) groups is 1. The topological polar surface area (TPSA) is 42.0 Å². The predicted molar refractivity (Wildman–Crippen MR) is 93.5 cm³/mol. The molecule has 2 aliphatic heterocycles. The second-order valence-electron chi connectivity index (χ2n) is 6.70. The van der Waals surface area contributed by atoms with Crippen molar-refractivity contribution in [1.82, 2.24) is 9.80 Å². The fourth-order valence-corrected chi connectivity index (χ4v) is 3.34. The Bertz CT molecular complexity index is 540. The number of likely N-dealkylation sites (tertiary alicyclic amines) is 1. The van der Waals surface area contributed by atoms with Gasteiger partial charge in [0.1, 0.15) is 5.75 Å². The number of hydrogen-bond acceptors (Lipinski definition) is 4. The summed E-state index contributed by atoms with van der Waals surface area (Å²) in [4.78, 5) is 17.1. The van der Waals surface area contributed by atoms with Crippen LogP contribution in [-0.4, -0.2) is 67.2 Å². The summed E-state index contributed by atoms with van der Waals surface area (Å²) in [7, 11) is 0. The Hall–Kier alpha value is -1.59. The van der Waals surface area contributed by atoms with Gasteiger partial charge in [-0.05, 0) is 44.0 Å². The summed E-state index contributed by atoms with van der Waals surface area (Å²) < 4.78 is 11.2. The minimum Gasteiger partial charge on any atom is -0.491 e. The molecule has 3 rings (SSSR count). The third kappa shape index (κ3) is 4.08. The van der Waals surface area contributed by atoms with Crippen LogP contribution in [-0.2, 0) is 4.74 Å². The van der Waals surface area contributed by atoms with Gasteiger partial charge in [-0.25, -0.2) is 0 Å². The van der Waals surface area contributed by atoms with Gasteiger partial charge in [0.15, 0.2) is 0 Å². The molecule has 0 aliphatic carbocycles. The number of carbonyl (C=O) groups excluding carboxylic acids is 1. The van der Waals surface area contributed by atoms with E-state index in [-0.39, 0.29) is 12.0 Å². The Morgan fingerprint density at radius 1 is 1.25 bits per heavy atom. The van der Waals surface area contributed by atoms with Gasteiger partial charge in [-0.1, -0.05) is 6.92 Å². The molecule has 5 heteroatoms. The molecule has 2 heterocycles. The van der Waals surface area contributed by atoms with Crippen molar-refractivity contribution in [3.8, 4) is 5.75 Å². The van der Waals surface area contributed by atoms with Crippen LogP contribution in [0.4, 0.5) is 0 Å². The molecule has 1 aromatic rings. The predicted octanol–water partition coefficient (Wildman–Crippen LogP) is 2.41. The fourth-order valence-electron chi connectivity index (χ4n) is 3.34. The summed E-state index contributed by atoms with van der Waals surface area (Å²) in [5.74, 6) is 0.953. The molecular weight excluding hydrogens is 304 g/mol. The lowest BCUT2D eigenvalue weighted by Gasteiger charge is -2.32. The molecule has 1 amide bonds. The summed E-state index contributed by atoms with van der Waals surface area (Å²) in [5, 5.41) is 0. The molecule has 1 aromatic carbocycles. The van der Waals surface area contributed by atoms with Crippen LogP contribution in [0.2, 0.25) is 0 Å². The van der Waals surface area contributed by atoms with E-state index in [1.165, 1.54) is 0 Å². The van der Waals surface area contributed by atoms with E-state index in [1.54, 1.807) is 0 Å². The van der Waals surface area contributed by atoms with Crippen molar-refractivity contribution in [1.29, 1.82) is 0 Å². The molecule has 2 fully saturated rings. The van der Waals surface area contributed by atoms with E-state index in [9.17, 15) is 4.79 Å². The van der Waals surface area contributed by atoms with Gasteiger partial charge in [0.05, 0.1) is 19.3 Å². The maximum atomic E-state index is 12.7. The van der Waals surface area contributed by atoms with Crippen LogP contribution in [0.5, 0.6) is 5.75 Å². The smallest absolute Gasteiger partial charge is 0.253 e. The molecule has 5 nitrogen and oxygen atoms in total. The van der Waals surface area contributed by atoms with Crippen LogP contribution in [0.25, 0.3) is 0 Å². The van der Waals surface area contributed by atoms with Crippen molar-refractivity contribution >= 4 is 5.91 Å². The number of morpholine rings is 1. The van der Waals surface area contributed by atoms with Gasteiger partial charge in [-0.15, -0.1) is 0 Å². The van der Waals surface area contributed by atoms with Crippen LogP contribution in [0.3, 0.4) is 0 Å². The van der Waals surface area contributed by atoms with Crippen molar-refractivity contribution < 1.29 is 14.3 Å². The van der Waals surface area contributed by atoms with E-state index in [0.717, 1.165) is 63.5 Å². The first-order valence-electron chi connectivity index (χ1n) is 9.05. The Morgan fingerprint density at radius 2 is 1.96 bits per heavy atom. The molecule has 0 spiro atoms. The first-order chi connectivity index (χ1) is 11.7. The van der Waals surface area contributed by atoms with Gasteiger partial charge in [0.25, 0.3) is 5.91 Å². The summed E-state index contributed by atoms with van der Waals surface area (Å²) in [6.45, 7) is 9.39. The van der Waals surface area contributed by atoms with E-state index in [2.05, 4.69) is 18.7 Å². The first kappa shape index (κ1) is 17.2. The summed E-state index contributed by atoms with van der Waals surface area (Å²) in [6, 6.07) is 8.03. The van der Waals surface area contributed by atoms with Gasteiger partial charge in [0, 0.05) is 37.8 Å². The number of hydrogen-bond donors (Lipinski definition) is 0. The lowest BCUT2D eigenvalue weighted by Crippen LogP contribution is -2.45. The second kappa shape index (κ2) is 7.99. The fraction of sp³-hybridized carbons (Fsp3) is 0.632. The van der Waals surface area contributed by atoms with E-state index >= 15 is 0 Å². The average molecular weight is 332 g/mol. The highest BCUT2D eigenvalue weighted by Gasteiger charge is 2.31. The quantitative estimate of drug-likeness (QED) is 0.830. The SMILES string of the molecule is CCC(C)Oc1ccc(C(=O)N2CCC(N3CCOCC3)C2)cc1. The van der Waals surface area contributed by atoms with Crippen molar-refractivity contribution in [2.24, 2.45) is 0 Å². The summed E-state index contributed by atoms with van der Waals surface area (Å²) >= 11 is 0. The molecule has 2 saturated heterocycles. The largest absolute Gasteiger partial charge is 0.491 e. The number of nitrogens with zero attached hydrogens (tertiary/aromatic N) is 2. The minimum atomic E-state index is 0.126. The maximum absolute atomic E-state index is 12.7. The Labute approximate surface area is 144 Å². The second-order valence-corrected chi connectivity index (χ2v) is 6.70. The Balaban J connectivity index is 1.56. The van der Waals surface area contributed by atoms with Crippen LogP contribution < -0.4 is 4.74 Å². The Kier molecular flexibility index (Phi) is 5.74. The summed E-state index contributed by atoms with van der Waals surface area (Å²) in [6.07, 6.45) is 2.22. The van der Waals surface area contributed by atoms with E-state index in [4.69, 9.17) is 9.47 Å². The van der Waals surface area contributed by atoms with Crippen LogP contribution in [0.1, 0.15) is 37.0 Å². The molecular formula is C19H28N2O3. The molecule has 2 atom stereocenters. The van der Waals surface area contributed by atoms with Crippen LogP contribution in [0.15, 0.2) is 24.3 Å². The molecule has 0 N–H and O–H groups in total. The van der Waals surface area contributed by atoms with Crippen molar-refractivity contribution in [3.05, 3.63) is 29.8 Å². The highest BCUT2D eigenvalue weighted by molar-refractivity contribution is 5.94. The average Bonchev–Trinajstić information content (AvgIpc) is 3.12. The zero-order chi connectivity index (χ0) is 16.9. The number of rotatable bonds is 5. The lowest BCUT2D eigenvalue weighted by atomic mass is 10.2. The standard InChI is InChI=1S/C19H28N2O3/c1-3-15(2)24-18-6-4-16(5-7-18)19(22)21-9-8-17(14-21)20-10-12-23-13-11-20/h4-7,15,17H,3,8-14H2,1-2H3. The number of benzene rings is 1. The number of ether oxygens (including phenoxy) is 2. The molecule has 0 saturated carbocycles.